The van der Waals surface area contributed by atoms with Crippen molar-refractivity contribution in [1.82, 2.24) is 0 Å². The Hall–Kier alpha value is -3.07. The molecule has 1 amide bonds. The molecule has 0 fully saturated rings. The molecule has 1 aromatic heterocycles. The molecule has 3 rings (SSSR count). The molecule has 1 N–H and O–H groups in total. The van der Waals surface area contributed by atoms with Crippen LogP contribution in [-0.4, -0.2) is 45.8 Å². The topological polar surface area (TPSA) is 100 Å². The van der Waals surface area contributed by atoms with E-state index < -0.39 is 24.5 Å². The van der Waals surface area contributed by atoms with Crippen molar-refractivity contribution in [3.8, 4) is 11.5 Å². The molecule has 166 valence electrons. The molecule has 1 unspecified atom stereocenters. The lowest BCUT2D eigenvalue weighted by Crippen LogP contribution is -2.22. The van der Waals surface area contributed by atoms with E-state index in [9.17, 15) is 14.4 Å². The van der Waals surface area contributed by atoms with Crippen molar-refractivity contribution in [3.63, 3.8) is 0 Å². The summed E-state index contributed by atoms with van der Waals surface area (Å²) in [7, 11) is 4.26. The summed E-state index contributed by atoms with van der Waals surface area (Å²) < 4.78 is 20.3. The van der Waals surface area contributed by atoms with E-state index in [0.29, 0.717) is 28.0 Å². The Morgan fingerprint density at radius 2 is 1.84 bits per heavy atom. The van der Waals surface area contributed by atoms with Gasteiger partial charge in [-0.05, 0) is 48.9 Å². The summed E-state index contributed by atoms with van der Waals surface area (Å²) in [6.45, 7) is 1.67. The summed E-state index contributed by atoms with van der Waals surface area (Å²) in [6, 6.07) is 4.57. The number of carbonyl (C=O) groups excluding carboxylic acids is 3. The number of hydrogen-bond donors (Lipinski definition) is 1. The minimum atomic E-state index is -0.677. The molecular weight excluding hydrogens is 422 g/mol. The molecule has 31 heavy (non-hydrogen) atoms. The molecule has 1 atom stereocenters. The average molecular weight is 448 g/mol. The Morgan fingerprint density at radius 3 is 2.52 bits per heavy atom. The van der Waals surface area contributed by atoms with Crippen LogP contribution in [0.1, 0.15) is 44.5 Å². The molecule has 0 bridgehead atoms. The second kappa shape index (κ2) is 9.82. The minimum absolute atomic E-state index is 0.223. The fraction of sp³-hybridized carbons (Fsp3) is 0.409. The van der Waals surface area contributed by atoms with Gasteiger partial charge in [0, 0.05) is 4.88 Å². The smallest absolute Gasteiger partial charge is 0.341 e. The third-order valence-corrected chi connectivity index (χ3v) is 6.28. The van der Waals surface area contributed by atoms with E-state index in [0.717, 1.165) is 29.7 Å². The molecule has 0 saturated carbocycles. The Kier molecular flexibility index (Phi) is 7.17. The van der Waals surface area contributed by atoms with E-state index in [1.807, 2.05) is 0 Å². The van der Waals surface area contributed by atoms with E-state index in [4.69, 9.17) is 18.9 Å². The molecule has 1 aliphatic rings. The molecule has 0 saturated heterocycles. The van der Waals surface area contributed by atoms with Gasteiger partial charge in [0.25, 0.3) is 5.91 Å². The second-order valence-corrected chi connectivity index (χ2v) is 8.35. The lowest BCUT2D eigenvalue weighted by atomic mass is 9.88. The van der Waals surface area contributed by atoms with Crippen molar-refractivity contribution >= 4 is 34.2 Å². The predicted octanol–water partition coefficient (Wildman–Crippen LogP) is 3.47. The number of amides is 1. The van der Waals surface area contributed by atoms with Gasteiger partial charge in [0.05, 0.1) is 32.5 Å². The molecular formula is C22H25NO7S. The lowest BCUT2D eigenvalue weighted by molar-refractivity contribution is -0.119. The normalized spacial score (nSPS) is 14.9. The number of rotatable bonds is 7. The van der Waals surface area contributed by atoms with Gasteiger partial charge < -0.3 is 24.3 Å². The quantitative estimate of drug-likeness (QED) is 0.649. The van der Waals surface area contributed by atoms with E-state index >= 15 is 0 Å². The van der Waals surface area contributed by atoms with Crippen LogP contribution in [0.3, 0.4) is 0 Å². The van der Waals surface area contributed by atoms with Crippen LogP contribution in [0.25, 0.3) is 0 Å². The summed E-state index contributed by atoms with van der Waals surface area (Å²) in [6.07, 6.45) is 2.60. The van der Waals surface area contributed by atoms with Gasteiger partial charge in [-0.2, -0.15) is 0 Å². The fourth-order valence-electron chi connectivity index (χ4n) is 3.50. The van der Waals surface area contributed by atoms with Crippen LogP contribution in [0, 0.1) is 5.92 Å². The van der Waals surface area contributed by atoms with Crippen molar-refractivity contribution < 1.29 is 33.3 Å². The van der Waals surface area contributed by atoms with Crippen molar-refractivity contribution in [2.75, 3.05) is 33.3 Å². The van der Waals surface area contributed by atoms with Crippen molar-refractivity contribution in [2.24, 2.45) is 5.92 Å². The van der Waals surface area contributed by atoms with E-state index in [2.05, 4.69) is 12.2 Å². The zero-order chi connectivity index (χ0) is 22.5. The number of nitrogens with one attached hydrogen (secondary N) is 1. The summed E-state index contributed by atoms with van der Waals surface area (Å²) >= 11 is 1.37. The highest BCUT2D eigenvalue weighted by atomic mass is 32.1. The molecule has 0 radical (unpaired) electrons. The summed E-state index contributed by atoms with van der Waals surface area (Å²) in [5.41, 5.74) is 1.56. The first-order chi connectivity index (χ1) is 14.9. The Morgan fingerprint density at radius 1 is 1.10 bits per heavy atom. The zero-order valence-corrected chi connectivity index (χ0v) is 18.7. The number of methoxy groups -OCH3 is 3. The number of ether oxygens (including phenoxy) is 4. The minimum Gasteiger partial charge on any atom is -0.493 e. The van der Waals surface area contributed by atoms with Crippen LogP contribution in [0.5, 0.6) is 11.5 Å². The molecule has 1 aromatic carbocycles. The van der Waals surface area contributed by atoms with Crippen molar-refractivity contribution in [1.29, 1.82) is 0 Å². The summed E-state index contributed by atoms with van der Waals surface area (Å²) in [5.74, 6) is -0.327. The van der Waals surface area contributed by atoms with Gasteiger partial charge in [-0.15, -0.1) is 11.3 Å². The third-order valence-electron chi connectivity index (χ3n) is 5.11. The lowest BCUT2D eigenvalue weighted by Gasteiger charge is -2.18. The molecule has 9 heteroatoms. The second-order valence-electron chi connectivity index (χ2n) is 7.24. The number of thiophene rings is 1. The first-order valence-electron chi connectivity index (χ1n) is 9.79. The van der Waals surface area contributed by atoms with Gasteiger partial charge in [0.15, 0.2) is 18.1 Å². The predicted molar refractivity (Wildman–Crippen MR) is 115 cm³/mol. The molecule has 0 aliphatic heterocycles. The number of carbonyl (C=O) groups is 3. The zero-order valence-electron chi connectivity index (χ0n) is 17.9. The van der Waals surface area contributed by atoms with Crippen LogP contribution >= 0.6 is 11.3 Å². The van der Waals surface area contributed by atoms with Crippen molar-refractivity contribution in [3.05, 3.63) is 39.8 Å². The Bertz CT molecular complexity index is 998. The maximum Gasteiger partial charge on any atom is 0.341 e. The molecule has 2 aromatic rings. The first-order valence-corrected chi connectivity index (χ1v) is 10.6. The largest absolute Gasteiger partial charge is 0.493 e. The number of esters is 2. The van der Waals surface area contributed by atoms with Gasteiger partial charge in [-0.3, -0.25) is 4.79 Å². The SMILES string of the molecule is COC(=O)c1c(NC(=O)COC(=O)c2ccc(OC)c(OC)c2)sc2c1CCC(C)C2. The highest BCUT2D eigenvalue weighted by molar-refractivity contribution is 7.17. The molecule has 1 aliphatic carbocycles. The van der Waals surface area contributed by atoms with Crippen LogP contribution < -0.4 is 14.8 Å². The van der Waals surface area contributed by atoms with E-state index in [1.165, 1.54) is 44.8 Å². The van der Waals surface area contributed by atoms with E-state index in [-0.39, 0.29) is 5.56 Å². The number of hydrogen-bond acceptors (Lipinski definition) is 8. The van der Waals surface area contributed by atoms with Crippen LogP contribution in [0.4, 0.5) is 5.00 Å². The third kappa shape index (κ3) is 4.99. The standard InChI is InChI=1S/C22H25NO7S/c1-12-5-7-14-17(9-12)31-20(19(14)22(26)29-4)23-18(24)11-30-21(25)13-6-8-15(27-2)16(10-13)28-3/h6,8,10,12H,5,7,9,11H2,1-4H3,(H,23,24). The maximum absolute atomic E-state index is 12.4. The van der Waals surface area contributed by atoms with Crippen LogP contribution in [0.2, 0.25) is 0 Å². The molecule has 0 spiro atoms. The Balaban J connectivity index is 1.69. The molecule has 8 nitrogen and oxygen atoms in total. The van der Waals surface area contributed by atoms with Gasteiger partial charge in [0.1, 0.15) is 5.00 Å². The average Bonchev–Trinajstić information content (AvgIpc) is 3.12. The Labute approximate surface area is 184 Å². The van der Waals surface area contributed by atoms with Gasteiger partial charge in [-0.25, -0.2) is 9.59 Å². The highest BCUT2D eigenvalue weighted by Gasteiger charge is 2.29. The summed E-state index contributed by atoms with van der Waals surface area (Å²) in [5, 5.41) is 3.13. The first kappa shape index (κ1) is 22.6. The number of fused-ring (bicyclic) bond motifs is 1. The fourth-order valence-corrected chi connectivity index (χ4v) is 4.91. The monoisotopic (exact) mass is 447 g/mol. The number of benzene rings is 1. The highest BCUT2D eigenvalue weighted by Crippen LogP contribution is 2.40. The van der Waals surface area contributed by atoms with Crippen molar-refractivity contribution in [2.45, 2.75) is 26.2 Å². The van der Waals surface area contributed by atoms with Gasteiger partial charge in [-0.1, -0.05) is 6.92 Å². The summed E-state index contributed by atoms with van der Waals surface area (Å²) in [4.78, 5) is 38.1. The number of anilines is 1. The van der Waals surface area contributed by atoms with Gasteiger partial charge in [0.2, 0.25) is 0 Å². The molecule has 1 heterocycles. The van der Waals surface area contributed by atoms with Crippen LogP contribution in [0.15, 0.2) is 18.2 Å². The van der Waals surface area contributed by atoms with Gasteiger partial charge >= 0.3 is 11.9 Å². The van der Waals surface area contributed by atoms with E-state index in [1.54, 1.807) is 6.07 Å². The van der Waals surface area contributed by atoms with Crippen LogP contribution in [-0.2, 0) is 27.1 Å². The maximum atomic E-state index is 12.4.